The second kappa shape index (κ2) is 16.0. The minimum atomic E-state index is -0.969. The second-order valence-corrected chi connectivity index (χ2v) is 16.3. The Balaban J connectivity index is 0.739. The molecule has 8 rings (SSSR count). The number of anilines is 2. The molecule has 6 heterocycles. The van der Waals surface area contributed by atoms with Crippen LogP contribution in [0.4, 0.5) is 11.4 Å². The number of amides is 6. The van der Waals surface area contributed by atoms with E-state index in [9.17, 15) is 28.8 Å². The normalized spacial score (nSPS) is 21.6. The molecule has 2 aromatic carbocycles. The fraction of sp³-hybridized carbons (Fsp3) is 0.462. The van der Waals surface area contributed by atoms with Crippen LogP contribution in [0.5, 0.6) is 0 Å². The summed E-state index contributed by atoms with van der Waals surface area (Å²) < 4.78 is 0. The number of halogens is 2. The topological polar surface area (TPSA) is 180 Å². The summed E-state index contributed by atoms with van der Waals surface area (Å²) in [5.74, 6) is -1.69. The van der Waals surface area contributed by atoms with Crippen LogP contribution in [0.2, 0.25) is 10.0 Å². The zero-order chi connectivity index (χ0) is 39.1. The number of likely N-dealkylation sites (tertiary alicyclic amines) is 2. The number of piperidine rings is 3. The van der Waals surface area contributed by atoms with E-state index in [1.807, 2.05) is 6.07 Å². The van der Waals surface area contributed by atoms with Crippen molar-refractivity contribution >= 4 is 70.0 Å². The third-order valence-corrected chi connectivity index (χ3v) is 12.3. The zero-order valence-electron chi connectivity index (χ0n) is 30.7. The molecule has 1 atom stereocenters. The Kier molecular flexibility index (Phi) is 10.8. The number of hydrogen-bond acceptors (Lipinski definition) is 10. The van der Waals surface area contributed by atoms with Gasteiger partial charge in [0.2, 0.25) is 11.8 Å². The van der Waals surface area contributed by atoms with Crippen molar-refractivity contribution in [2.24, 2.45) is 11.8 Å². The van der Waals surface area contributed by atoms with Crippen molar-refractivity contribution in [3.05, 3.63) is 75.0 Å². The summed E-state index contributed by atoms with van der Waals surface area (Å²) in [6.07, 6.45) is 5.57. The van der Waals surface area contributed by atoms with Crippen molar-refractivity contribution in [1.82, 2.24) is 35.5 Å². The molecule has 4 fully saturated rings. The van der Waals surface area contributed by atoms with E-state index >= 15 is 0 Å². The van der Waals surface area contributed by atoms with Crippen LogP contribution in [0.15, 0.2) is 42.6 Å². The van der Waals surface area contributed by atoms with Gasteiger partial charge in [-0.2, -0.15) is 5.10 Å². The molecule has 5 aliphatic rings. The molecule has 294 valence electrons. The van der Waals surface area contributed by atoms with E-state index in [-0.39, 0.29) is 51.8 Å². The summed E-state index contributed by atoms with van der Waals surface area (Å²) in [6, 6.07) is 9.15. The third-order valence-electron chi connectivity index (χ3n) is 11.7. The van der Waals surface area contributed by atoms with Gasteiger partial charge in [0.25, 0.3) is 23.6 Å². The first kappa shape index (κ1) is 38.1. The first-order valence-corrected chi connectivity index (χ1v) is 19.9. The third kappa shape index (κ3) is 7.77. The van der Waals surface area contributed by atoms with Gasteiger partial charge in [0, 0.05) is 63.3 Å². The summed E-state index contributed by atoms with van der Waals surface area (Å²) in [4.78, 5) is 84.6. The number of rotatable bonds is 10. The Morgan fingerprint density at radius 2 is 1.46 bits per heavy atom. The molecule has 5 aliphatic heterocycles. The summed E-state index contributed by atoms with van der Waals surface area (Å²) in [5.41, 5.74) is 2.04. The predicted molar refractivity (Wildman–Crippen MR) is 208 cm³/mol. The molecule has 6 amide bonds. The molecule has 3 aromatic rings. The Hall–Kier alpha value is -4.83. The van der Waals surface area contributed by atoms with Gasteiger partial charge in [-0.3, -0.25) is 44.1 Å². The van der Waals surface area contributed by atoms with Gasteiger partial charge in [-0.15, -0.1) is 0 Å². The number of imide groups is 2. The van der Waals surface area contributed by atoms with E-state index in [2.05, 4.69) is 40.8 Å². The fourth-order valence-electron chi connectivity index (χ4n) is 8.60. The van der Waals surface area contributed by atoms with E-state index in [1.54, 1.807) is 30.3 Å². The molecule has 0 spiro atoms. The largest absolute Gasteiger partial charge is 0.371 e. The standard InChI is InChI=1S/C39H43Cl2N9O6/c40-28-2-1-3-29(41)33(28)36(53)44-30-17-42-46-34(30)37(54)43-24-10-14-48(15-11-24)18-22-8-12-47(13-9-22)19-23-20-49(21-23)25-4-5-26-27(16-25)39(56)50(38(26)55)31-6-7-32(51)45-35(31)52/h1-5,16-17,22-24,31H,6-15,18-21H2,(H,42,46)(H,43,54)(H,44,53)(H,45,51,52). The van der Waals surface area contributed by atoms with Crippen molar-refractivity contribution in [2.45, 2.75) is 50.6 Å². The van der Waals surface area contributed by atoms with Gasteiger partial charge < -0.3 is 25.3 Å². The van der Waals surface area contributed by atoms with Gasteiger partial charge in [-0.05, 0) is 81.4 Å². The van der Waals surface area contributed by atoms with Gasteiger partial charge in [0.15, 0.2) is 0 Å². The highest BCUT2D eigenvalue weighted by atomic mass is 35.5. The number of fused-ring (bicyclic) bond motifs is 1. The molecule has 1 aromatic heterocycles. The van der Waals surface area contributed by atoms with Crippen LogP contribution in [-0.2, 0) is 9.59 Å². The number of carbonyl (C=O) groups excluding carboxylic acids is 6. The predicted octanol–water partition coefficient (Wildman–Crippen LogP) is 3.41. The number of aromatic nitrogens is 2. The maximum Gasteiger partial charge on any atom is 0.271 e. The Bertz CT molecular complexity index is 2050. The quantitative estimate of drug-likeness (QED) is 0.222. The highest BCUT2D eigenvalue weighted by molar-refractivity contribution is 6.40. The molecule has 56 heavy (non-hydrogen) atoms. The maximum absolute atomic E-state index is 13.3. The highest BCUT2D eigenvalue weighted by Crippen LogP contribution is 2.34. The first-order chi connectivity index (χ1) is 27.0. The van der Waals surface area contributed by atoms with Gasteiger partial charge in [0.05, 0.1) is 38.6 Å². The first-order valence-electron chi connectivity index (χ1n) is 19.2. The van der Waals surface area contributed by atoms with Crippen molar-refractivity contribution in [3.8, 4) is 0 Å². The van der Waals surface area contributed by atoms with E-state index < -0.39 is 35.6 Å². The number of nitrogens with one attached hydrogen (secondary N) is 4. The number of carbonyl (C=O) groups is 6. The van der Waals surface area contributed by atoms with E-state index in [0.29, 0.717) is 23.0 Å². The van der Waals surface area contributed by atoms with Crippen molar-refractivity contribution in [3.63, 3.8) is 0 Å². The molecular weight excluding hydrogens is 761 g/mol. The molecule has 0 saturated carbocycles. The summed E-state index contributed by atoms with van der Waals surface area (Å²) >= 11 is 12.4. The average Bonchev–Trinajstić information content (AvgIpc) is 3.72. The number of aromatic amines is 1. The van der Waals surface area contributed by atoms with E-state index in [0.717, 1.165) is 88.6 Å². The van der Waals surface area contributed by atoms with Crippen LogP contribution >= 0.6 is 23.2 Å². The van der Waals surface area contributed by atoms with Crippen LogP contribution in [-0.4, -0.2) is 125 Å². The van der Waals surface area contributed by atoms with Crippen LogP contribution in [0.3, 0.4) is 0 Å². The molecule has 0 radical (unpaired) electrons. The Morgan fingerprint density at radius 1 is 0.804 bits per heavy atom. The molecule has 4 saturated heterocycles. The van der Waals surface area contributed by atoms with E-state index in [1.165, 1.54) is 6.20 Å². The SMILES string of the molecule is O=C1CCC(N2C(=O)c3ccc(N4CC(CN5CCC(CN6CCC(NC(=O)c7[nH]ncc7NC(=O)c7c(Cl)cccc7Cl)CC6)CC5)C4)cc3C2=O)C(=O)N1. The molecule has 17 heteroatoms. The molecular formula is C39H43Cl2N9O6. The molecule has 0 aliphatic carbocycles. The van der Waals surface area contributed by atoms with E-state index in [4.69, 9.17) is 23.2 Å². The monoisotopic (exact) mass is 803 g/mol. The maximum atomic E-state index is 13.3. The molecule has 4 N–H and O–H groups in total. The van der Waals surface area contributed by atoms with Crippen LogP contribution in [0, 0.1) is 11.8 Å². The lowest BCUT2D eigenvalue weighted by atomic mass is 9.92. The average molecular weight is 805 g/mol. The zero-order valence-corrected chi connectivity index (χ0v) is 32.2. The van der Waals surface area contributed by atoms with Crippen molar-refractivity contribution in [2.75, 3.05) is 62.6 Å². The van der Waals surface area contributed by atoms with Gasteiger partial charge in [-0.25, -0.2) is 0 Å². The minimum Gasteiger partial charge on any atom is -0.371 e. The minimum absolute atomic E-state index is 0.0137. The molecule has 0 bridgehead atoms. The summed E-state index contributed by atoms with van der Waals surface area (Å²) in [7, 11) is 0. The highest BCUT2D eigenvalue weighted by Gasteiger charge is 2.45. The van der Waals surface area contributed by atoms with Crippen LogP contribution < -0.4 is 20.9 Å². The lowest BCUT2D eigenvalue weighted by Crippen LogP contribution is -2.54. The van der Waals surface area contributed by atoms with Gasteiger partial charge in [-0.1, -0.05) is 29.3 Å². The summed E-state index contributed by atoms with van der Waals surface area (Å²) in [6.45, 7) is 7.74. The number of nitrogens with zero attached hydrogens (tertiary/aromatic N) is 5. The lowest BCUT2D eigenvalue weighted by molar-refractivity contribution is -0.136. The Labute approximate surface area is 333 Å². The second-order valence-electron chi connectivity index (χ2n) is 15.4. The van der Waals surface area contributed by atoms with Crippen molar-refractivity contribution < 1.29 is 28.8 Å². The van der Waals surface area contributed by atoms with Gasteiger partial charge in [0.1, 0.15) is 11.7 Å². The number of H-pyrrole nitrogens is 1. The smallest absolute Gasteiger partial charge is 0.271 e. The molecule has 15 nitrogen and oxygen atoms in total. The number of benzene rings is 2. The lowest BCUT2D eigenvalue weighted by Gasteiger charge is -2.45. The van der Waals surface area contributed by atoms with Crippen LogP contribution in [0.25, 0.3) is 0 Å². The van der Waals surface area contributed by atoms with Gasteiger partial charge >= 0.3 is 0 Å². The summed E-state index contributed by atoms with van der Waals surface area (Å²) in [5, 5.41) is 15.1. The van der Waals surface area contributed by atoms with Crippen molar-refractivity contribution in [1.29, 1.82) is 0 Å². The van der Waals surface area contributed by atoms with Crippen LogP contribution in [0.1, 0.15) is 80.1 Å². The molecule has 1 unspecified atom stereocenters. The Morgan fingerprint density at radius 3 is 2.16 bits per heavy atom. The number of hydrogen-bond donors (Lipinski definition) is 4. The fourth-order valence-corrected chi connectivity index (χ4v) is 9.17.